The summed E-state index contributed by atoms with van der Waals surface area (Å²) in [5.41, 5.74) is 3.00. The highest BCUT2D eigenvalue weighted by Gasteiger charge is 2.18. The third kappa shape index (κ3) is 2.91. The second-order valence-electron chi connectivity index (χ2n) is 5.29. The maximum absolute atomic E-state index is 5.38. The molecular weight excluding hydrogens is 224 g/mol. The van der Waals surface area contributed by atoms with Crippen molar-refractivity contribution in [2.45, 2.75) is 25.4 Å². The lowest BCUT2D eigenvalue weighted by Gasteiger charge is -2.31. The lowest BCUT2D eigenvalue weighted by atomic mass is 9.94. The van der Waals surface area contributed by atoms with Gasteiger partial charge in [0.2, 0.25) is 0 Å². The van der Waals surface area contributed by atoms with Crippen LogP contribution in [0.2, 0.25) is 0 Å². The minimum absolute atomic E-state index is 0.641. The van der Waals surface area contributed by atoms with Crippen LogP contribution in [0.3, 0.4) is 0 Å². The van der Waals surface area contributed by atoms with Crippen molar-refractivity contribution in [3.05, 3.63) is 35.4 Å². The van der Waals surface area contributed by atoms with Gasteiger partial charge in [0.25, 0.3) is 0 Å². The number of nitrogens with one attached hydrogen (secondary N) is 1. The number of hydrogen-bond acceptors (Lipinski definition) is 3. The van der Waals surface area contributed by atoms with Gasteiger partial charge in [-0.1, -0.05) is 24.3 Å². The monoisotopic (exact) mass is 246 g/mol. The van der Waals surface area contributed by atoms with E-state index in [-0.39, 0.29) is 0 Å². The van der Waals surface area contributed by atoms with Crippen LogP contribution in [0.1, 0.15) is 17.5 Å². The summed E-state index contributed by atoms with van der Waals surface area (Å²) in [6, 6.07) is 9.44. The molecule has 98 valence electrons. The van der Waals surface area contributed by atoms with Crippen LogP contribution in [0.15, 0.2) is 24.3 Å². The maximum atomic E-state index is 5.38. The average molecular weight is 246 g/mol. The van der Waals surface area contributed by atoms with Gasteiger partial charge >= 0.3 is 0 Å². The molecule has 1 atom stereocenters. The number of nitrogens with zero attached hydrogens (tertiary/aromatic N) is 1. The minimum Gasteiger partial charge on any atom is -0.379 e. The Kier molecular flexibility index (Phi) is 3.93. The Morgan fingerprint density at radius 2 is 1.94 bits per heavy atom. The molecule has 0 radical (unpaired) electrons. The van der Waals surface area contributed by atoms with E-state index in [1.54, 1.807) is 0 Å². The molecule has 1 aromatic rings. The summed E-state index contributed by atoms with van der Waals surface area (Å²) in [4.78, 5) is 2.52. The third-order valence-electron chi connectivity index (χ3n) is 4.06. The standard InChI is InChI=1S/C15H22N2O/c1-2-4-14-12-16-15(11-13(14)3-1)5-6-17-7-9-18-10-8-17/h1-4,15-16H,5-12H2/t15-/m1/s1. The molecule has 2 aliphatic heterocycles. The molecule has 3 nitrogen and oxygen atoms in total. The largest absolute Gasteiger partial charge is 0.379 e. The second kappa shape index (κ2) is 5.83. The van der Waals surface area contributed by atoms with Gasteiger partial charge in [-0.3, -0.25) is 4.90 Å². The molecular formula is C15H22N2O. The molecule has 2 heterocycles. The predicted molar refractivity (Wildman–Crippen MR) is 72.6 cm³/mol. The first-order valence-corrected chi connectivity index (χ1v) is 7.02. The third-order valence-corrected chi connectivity index (χ3v) is 4.06. The predicted octanol–water partition coefficient (Wildman–Crippen LogP) is 1.42. The number of hydrogen-bond donors (Lipinski definition) is 1. The van der Waals surface area contributed by atoms with E-state index in [4.69, 9.17) is 4.74 Å². The van der Waals surface area contributed by atoms with Gasteiger partial charge in [-0.2, -0.15) is 0 Å². The zero-order chi connectivity index (χ0) is 12.2. The lowest BCUT2D eigenvalue weighted by molar-refractivity contribution is 0.0360. The average Bonchev–Trinajstić information content (AvgIpc) is 2.46. The highest BCUT2D eigenvalue weighted by atomic mass is 16.5. The molecule has 3 heteroatoms. The Balaban J connectivity index is 1.50. The fraction of sp³-hybridized carbons (Fsp3) is 0.600. The van der Waals surface area contributed by atoms with Gasteiger partial charge in [0, 0.05) is 25.7 Å². The van der Waals surface area contributed by atoms with Crippen LogP contribution >= 0.6 is 0 Å². The van der Waals surface area contributed by atoms with Gasteiger partial charge in [0.05, 0.1) is 13.2 Å². The SMILES string of the molecule is c1ccc2c(c1)CN[C@H](CCN1CCOCC1)C2. The Bertz CT molecular complexity index is 388. The van der Waals surface area contributed by atoms with Gasteiger partial charge in [0.15, 0.2) is 0 Å². The fourth-order valence-corrected chi connectivity index (χ4v) is 2.89. The van der Waals surface area contributed by atoms with Crippen molar-refractivity contribution >= 4 is 0 Å². The summed E-state index contributed by atoms with van der Waals surface area (Å²) < 4.78 is 5.38. The molecule has 0 amide bonds. The van der Waals surface area contributed by atoms with Crippen LogP contribution in [0.5, 0.6) is 0 Å². The van der Waals surface area contributed by atoms with E-state index in [1.165, 1.54) is 30.5 Å². The van der Waals surface area contributed by atoms with Crippen molar-refractivity contribution in [1.29, 1.82) is 0 Å². The van der Waals surface area contributed by atoms with Crippen LogP contribution in [-0.2, 0) is 17.7 Å². The van der Waals surface area contributed by atoms with Crippen LogP contribution in [-0.4, -0.2) is 43.8 Å². The van der Waals surface area contributed by atoms with Crippen molar-refractivity contribution < 1.29 is 4.74 Å². The maximum Gasteiger partial charge on any atom is 0.0594 e. The molecule has 1 N–H and O–H groups in total. The number of ether oxygens (including phenoxy) is 1. The first-order chi connectivity index (χ1) is 8.92. The van der Waals surface area contributed by atoms with E-state index in [1.807, 2.05) is 0 Å². The summed E-state index contributed by atoms with van der Waals surface area (Å²) in [6.45, 7) is 6.24. The molecule has 0 aliphatic carbocycles. The van der Waals surface area contributed by atoms with Crippen LogP contribution in [0.4, 0.5) is 0 Å². The van der Waals surface area contributed by atoms with Crippen molar-refractivity contribution in [3.63, 3.8) is 0 Å². The van der Waals surface area contributed by atoms with Gasteiger partial charge < -0.3 is 10.1 Å². The topological polar surface area (TPSA) is 24.5 Å². The zero-order valence-corrected chi connectivity index (χ0v) is 10.9. The van der Waals surface area contributed by atoms with Gasteiger partial charge in [-0.25, -0.2) is 0 Å². The van der Waals surface area contributed by atoms with Crippen molar-refractivity contribution in [1.82, 2.24) is 10.2 Å². The van der Waals surface area contributed by atoms with Gasteiger partial charge in [-0.05, 0) is 30.5 Å². The Labute approximate surface area is 109 Å². The van der Waals surface area contributed by atoms with Crippen molar-refractivity contribution in [2.24, 2.45) is 0 Å². The summed E-state index contributed by atoms with van der Waals surface area (Å²) in [5, 5.41) is 3.66. The quantitative estimate of drug-likeness (QED) is 0.873. The summed E-state index contributed by atoms with van der Waals surface area (Å²) in [6.07, 6.45) is 2.43. The number of benzene rings is 1. The molecule has 0 unspecified atom stereocenters. The van der Waals surface area contributed by atoms with Gasteiger partial charge in [0.1, 0.15) is 0 Å². The van der Waals surface area contributed by atoms with Crippen LogP contribution < -0.4 is 5.32 Å². The Morgan fingerprint density at radius 1 is 1.17 bits per heavy atom. The Hall–Kier alpha value is -0.900. The minimum atomic E-state index is 0.641. The van der Waals surface area contributed by atoms with Gasteiger partial charge in [-0.15, -0.1) is 0 Å². The molecule has 18 heavy (non-hydrogen) atoms. The molecule has 2 aliphatic rings. The fourth-order valence-electron chi connectivity index (χ4n) is 2.89. The van der Waals surface area contributed by atoms with E-state index in [0.717, 1.165) is 32.8 Å². The molecule has 1 saturated heterocycles. The summed E-state index contributed by atoms with van der Waals surface area (Å²) >= 11 is 0. The smallest absolute Gasteiger partial charge is 0.0594 e. The first-order valence-electron chi connectivity index (χ1n) is 7.02. The zero-order valence-electron chi connectivity index (χ0n) is 10.9. The highest BCUT2D eigenvalue weighted by Crippen LogP contribution is 2.18. The van der Waals surface area contributed by atoms with Crippen LogP contribution in [0.25, 0.3) is 0 Å². The molecule has 3 rings (SSSR count). The van der Waals surface area contributed by atoms with E-state index < -0.39 is 0 Å². The molecule has 0 aromatic heterocycles. The molecule has 0 bridgehead atoms. The lowest BCUT2D eigenvalue weighted by Crippen LogP contribution is -2.42. The van der Waals surface area contributed by atoms with Crippen molar-refractivity contribution in [3.8, 4) is 0 Å². The number of fused-ring (bicyclic) bond motifs is 1. The van der Waals surface area contributed by atoms with E-state index in [9.17, 15) is 0 Å². The highest BCUT2D eigenvalue weighted by molar-refractivity contribution is 5.29. The molecule has 0 spiro atoms. The second-order valence-corrected chi connectivity index (χ2v) is 5.29. The molecule has 0 saturated carbocycles. The summed E-state index contributed by atoms with van der Waals surface area (Å²) in [7, 11) is 0. The normalized spacial score (nSPS) is 24.8. The summed E-state index contributed by atoms with van der Waals surface area (Å²) in [5.74, 6) is 0. The number of rotatable bonds is 3. The van der Waals surface area contributed by atoms with E-state index in [2.05, 4.69) is 34.5 Å². The first kappa shape index (κ1) is 12.2. The van der Waals surface area contributed by atoms with E-state index in [0.29, 0.717) is 6.04 Å². The Morgan fingerprint density at radius 3 is 2.78 bits per heavy atom. The number of morpholine rings is 1. The molecule has 1 aromatic carbocycles. The van der Waals surface area contributed by atoms with E-state index >= 15 is 0 Å². The van der Waals surface area contributed by atoms with Crippen molar-refractivity contribution in [2.75, 3.05) is 32.8 Å². The van der Waals surface area contributed by atoms with Crippen LogP contribution in [0, 0.1) is 0 Å². The molecule has 1 fully saturated rings.